The van der Waals surface area contributed by atoms with Crippen molar-refractivity contribution in [2.45, 2.75) is 33.0 Å². The fourth-order valence-corrected chi connectivity index (χ4v) is 3.02. The van der Waals surface area contributed by atoms with Gasteiger partial charge in [0.25, 0.3) is 11.8 Å². The van der Waals surface area contributed by atoms with E-state index in [9.17, 15) is 22.8 Å². The van der Waals surface area contributed by atoms with E-state index in [-0.39, 0.29) is 24.6 Å². The van der Waals surface area contributed by atoms with E-state index in [1.54, 1.807) is 12.1 Å². The second kappa shape index (κ2) is 10.1. The molecular formula is C22H26F3N3O2. The molecule has 0 aliphatic carbocycles. The molecule has 162 valence electrons. The largest absolute Gasteiger partial charge is 0.416 e. The summed E-state index contributed by atoms with van der Waals surface area (Å²) in [4.78, 5) is 26.4. The summed E-state index contributed by atoms with van der Waals surface area (Å²) >= 11 is 0. The number of benzene rings is 2. The van der Waals surface area contributed by atoms with E-state index >= 15 is 0 Å². The molecule has 2 aromatic carbocycles. The third kappa shape index (κ3) is 6.23. The first-order valence-corrected chi connectivity index (χ1v) is 9.73. The number of rotatable bonds is 8. The van der Waals surface area contributed by atoms with Crippen LogP contribution in [0.25, 0.3) is 0 Å². The molecule has 2 rings (SSSR count). The quantitative estimate of drug-likeness (QED) is 0.631. The van der Waals surface area contributed by atoms with Gasteiger partial charge in [-0.2, -0.15) is 13.2 Å². The predicted octanol–water partition coefficient (Wildman–Crippen LogP) is 4.10. The molecule has 2 aromatic rings. The van der Waals surface area contributed by atoms with Gasteiger partial charge in [0.15, 0.2) is 0 Å². The van der Waals surface area contributed by atoms with Crippen LogP contribution in [0.5, 0.6) is 0 Å². The van der Waals surface area contributed by atoms with Gasteiger partial charge in [0, 0.05) is 42.5 Å². The molecule has 8 heteroatoms. The van der Waals surface area contributed by atoms with Crippen molar-refractivity contribution in [3.63, 3.8) is 0 Å². The molecule has 5 nitrogen and oxygen atoms in total. The summed E-state index contributed by atoms with van der Waals surface area (Å²) in [5.74, 6) is -0.770. The van der Waals surface area contributed by atoms with Crippen molar-refractivity contribution in [2.75, 3.05) is 24.5 Å². The molecule has 30 heavy (non-hydrogen) atoms. The number of amides is 2. The third-order valence-corrected chi connectivity index (χ3v) is 4.60. The highest BCUT2D eigenvalue weighted by Crippen LogP contribution is 2.29. The molecule has 2 amide bonds. The number of halogens is 3. The van der Waals surface area contributed by atoms with Crippen LogP contribution in [0.2, 0.25) is 0 Å². The highest BCUT2D eigenvalue weighted by atomic mass is 19.4. The summed E-state index contributed by atoms with van der Waals surface area (Å²) in [7, 11) is 0. The SMILES string of the molecule is CCN(c1ccc(C(=O)NCCNC(=O)c2ccc(C(F)(F)F)cc2)cc1)C(C)C. The molecule has 0 fully saturated rings. The second-order valence-electron chi connectivity index (χ2n) is 7.01. The zero-order valence-electron chi connectivity index (χ0n) is 17.2. The molecule has 0 radical (unpaired) electrons. The zero-order chi connectivity index (χ0) is 22.3. The summed E-state index contributed by atoms with van der Waals surface area (Å²) in [6, 6.07) is 11.6. The van der Waals surface area contributed by atoms with E-state index < -0.39 is 17.6 Å². The van der Waals surface area contributed by atoms with E-state index in [0.29, 0.717) is 11.6 Å². The number of hydrogen-bond acceptors (Lipinski definition) is 3. The predicted molar refractivity (Wildman–Crippen MR) is 111 cm³/mol. The van der Waals surface area contributed by atoms with Gasteiger partial charge in [-0.1, -0.05) is 0 Å². The number of hydrogen-bond donors (Lipinski definition) is 2. The number of alkyl halides is 3. The molecule has 0 atom stereocenters. The van der Waals surface area contributed by atoms with Gasteiger partial charge < -0.3 is 15.5 Å². The Bertz CT molecular complexity index is 847. The standard InChI is InChI=1S/C22H26F3N3O2/c1-4-28(15(2)3)19-11-7-17(8-12-19)21(30)27-14-13-26-20(29)16-5-9-18(10-6-16)22(23,24)25/h5-12,15H,4,13-14H2,1-3H3,(H,26,29)(H,27,30). The summed E-state index contributed by atoms with van der Waals surface area (Å²) in [6.45, 7) is 7.48. The van der Waals surface area contributed by atoms with E-state index in [0.717, 1.165) is 36.5 Å². The topological polar surface area (TPSA) is 61.4 Å². The van der Waals surface area contributed by atoms with E-state index in [2.05, 4.69) is 36.3 Å². The minimum Gasteiger partial charge on any atom is -0.369 e. The zero-order valence-corrected chi connectivity index (χ0v) is 17.2. The van der Waals surface area contributed by atoms with Crippen LogP contribution in [0.4, 0.5) is 18.9 Å². The number of carbonyl (C=O) groups excluding carboxylic acids is 2. The molecule has 0 bridgehead atoms. The van der Waals surface area contributed by atoms with Gasteiger partial charge in [-0.05, 0) is 69.3 Å². The lowest BCUT2D eigenvalue weighted by Crippen LogP contribution is -2.34. The van der Waals surface area contributed by atoms with E-state index in [1.807, 2.05) is 12.1 Å². The highest BCUT2D eigenvalue weighted by molar-refractivity contribution is 5.95. The summed E-state index contributed by atoms with van der Waals surface area (Å²) < 4.78 is 37.7. The fourth-order valence-electron chi connectivity index (χ4n) is 3.02. The first kappa shape index (κ1) is 23.3. The maximum absolute atomic E-state index is 12.6. The number of nitrogens with zero attached hydrogens (tertiary/aromatic N) is 1. The van der Waals surface area contributed by atoms with Gasteiger partial charge in [-0.3, -0.25) is 9.59 Å². The number of carbonyl (C=O) groups is 2. The molecule has 0 aromatic heterocycles. The van der Waals surface area contributed by atoms with Crippen molar-refractivity contribution in [2.24, 2.45) is 0 Å². The Balaban J connectivity index is 1.81. The van der Waals surface area contributed by atoms with Gasteiger partial charge in [0.05, 0.1) is 5.56 Å². The minimum absolute atomic E-state index is 0.121. The van der Waals surface area contributed by atoms with Gasteiger partial charge in [0.2, 0.25) is 0 Å². The van der Waals surface area contributed by atoms with Crippen molar-refractivity contribution in [1.29, 1.82) is 0 Å². The Morgan fingerprint density at radius 3 is 1.67 bits per heavy atom. The van der Waals surface area contributed by atoms with Gasteiger partial charge in [-0.15, -0.1) is 0 Å². The van der Waals surface area contributed by atoms with Crippen LogP contribution in [-0.2, 0) is 6.18 Å². The first-order valence-electron chi connectivity index (χ1n) is 9.73. The van der Waals surface area contributed by atoms with Gasteiger partial charge in [0.1, 0.15) is 0 Å². The number of anilines is 1. The average molecular weight is 421 g/mol. The molecule has 0 aliphatic rings. The Hall–Kier alpha value is -3.03. The van der Waals surface area contributed by atoms with Crippen LogP contribution in [0.1, 0.15) is 47.1 Å². The van der Waals surface area contributed by atoms with Crippen molar-refractivity contribution in [3.05, 3.63) is 65.2 Å². The third-order valence-electron chi connectivity index (χ3n) is 4.60. The summed E-state index contributed by atoms with van der Waals surface area (Å²) in [5.41, 5.74) is 0.851. The smallest absolute Gasteiger partial charge is 0.369 e. The molecular weight excluding hydrogens is 395 g/mol. The minimum atomic E-state index is -4.44. The lowest BCUT2D eigenvalue weighted by Gasteiger charge is -2.27. The molecule has 0 spiro atoms. The Morgan fingerprint density at radius 1 is 0.867 bits per heavy atom. The van der Waals surface area contributed by atoms with Crippen LogP contribution >= 0.6 is 0 Å². The van der Waals surface area contributed by atoms with Crippen LogP contribution in [0.3, 0.4) is 0 Å². The summed E-state index contributed by atoms with van der Waals surface area (Å²) in [6.07, 6.45) is -4.44. The molecule has 2 N–H and O–H groups in total. The van der Waals surface area contributed by atoms with E-state index in [1.165, 1.54) is 0 Å². The van der Waals surface area contributed by atoms with E-state index in [4.69, 9.17) is 0 Å². The fraction of sp³-hybridized carbons (Fsp3) is 0.364. The van der Waals surface area contributed by atoms with Crippen LogP contribution in [0.15, 0.2) is 48.5 Å². The van der Waals surface area contributed by atoms with Crippen LogP contribution < -0.4 is 15.5 Å². The molecule has 0 aliphatic heterocycles. The average Bonchev–Trinajstić information content (AvgIpc) is 2.71. The lowest BCUT2D eigenvalue weighted by atomic mass is 10.1. The Kier molecular flexibility index (Phi) is 7.86. The van der Waals surface area contributed by atoms with Gasteiger partial charge in [-0.25, -0.2) is 0 Å². The van der Waals surface area contributed by atoms with Crippen molar-refractivity contribution in [1.82, 2.24) is 10.6 Å². The highest BCUT2D eigenvalue weighted by Gasteiger charge is 2.30. The Labute approximate surface area is 174 Å². The lowest BCUT2D eigenvalue weighted by molar-refractivity contribution is -0.137. The normalized spacial score (nSPS) is 11.3. The Morgan fingerprint density at radius 2 is 1.30 bits per heavy atom. The van der Waals surface area contributed by atoms with Crippen molar-refractivity contribution >= 4 is 17.5 Å². The molecule has 0 saturated heterocycles. The maximum Gasteiger partial charge on any atom is 0.416 e. The van der Waals surface area contributed by atoms with Gasteiger partial charge >= 0.3 is 6.18 Å². The molecule has 0 heterocycles. The number of nitrogens with one attached hydrogen (secondary N) is 2. The second-order valence-corrected chi connectivity index (χ2v) is 7.01. The molecule has 0 unspecified atom stereocenters. The monoisotopic (exact) mass is 421 g/mol. The first-order chi connectivity index (χ1) is 14.1. The van der Waals surface area contributed by atoms with Crippen LogP contribution in [0, 0.1) is 0 Å². The van der Waals surface area contributed by atoms with Crippen LogP contribution in [-0.4, -0.2) is 37.5 Å². The molecule has 0 saturated carbocycles. The van der Waals surface area contributed by atoms with Crippen molar-refractivity contribution < 1.29 is 22.8 Å². The maximum atomic E-state index is 12.6. The van der Waals surface area contributed by atoms with Crippen molar-refractivity contribution in [3.8, 4) is 0 Å². The summed E-state index contributed by atoms with van der Waals surface area (Å²) in [5, 5.41) is 5.27.